The zero-order chi connectivity index (χ0) is 13.6. The molecule has 0 bridgehead atoms. The number of nitrogens with zero attached hydrogens (tertiary/aromatic N) is 5. The Morgan fingerprint density at radius 3 is 2.68 bits per heavy atom. The lowest BCUT2D eigenvalue weighted by molar-refractivity contribution is 0.902. The lowest BCUT2D eigenvalue weighted by Crippen LogP contribution is -1.97. The topological polar surface area (TPSA) is 56.5 Å². The van der Waals surface area contributed by atoms with E-state index in [1.807, 2.05) is 20.0 Å². The maximum absolute atomic E-state index is 6.15. The molecule has 0 saturated heterocycles. The largest absolute Gasteiger partial charge is 0.309 e. The summed E-state index contributed by atoms with van der Waals surface area (Å²) in [5, 5.41) is 9.01. The third kappa shape index (κ3) is 2.05. The van der Waals surface area contributed by atoms with E-state index in [9.17, 15) is 0 Å². The molecule has 5 nitrogen and oxygen atoms in total. The van der Waals surface area contributed by atoms with Gasteiger partial charge in [0.05, 0.1) is 10.7 Å². The average Bonchev–Trinajstić information content (AvgIpc) is 2.69. The van der Waals surface area contributed by atoms with Gasteiger partial charge < -0.3 is 4.57 Å². The molecule has 7 heteroatoms. The number of fused-ring (bicyclic) bond motifs is 1. The number of hydrogen-bond acceptors (Lipinski definition) is 4. The molecule has 3 heterocycles. The average molecular weight is 294 g/mol. The number of pyridine rings is 1. The molecule has 0 amide bonds. The van der Waals surface area contributed by atoms with Crippen molar-refractivity contribution in [2.24, 2.45) is 7.05 Å². The number of aromatic nitrogens is 5. The molecule has 3 aromatic rings. The van der Waals surface area contributed by atoms with Gasteiger partial charge >= 0.3 is 0 Å². The smallest absolute Gasteiger partial charge is 0.182 e. The highest BCUT2D eigenvalue weighted by atomic mass is 35.5. The Bertz CT molecular complexity index is 781. The van der Waals surface area contributed by atoms with Gasteiger partial charge in [-0.1, -0.05) is 23.2 Å². The molecule has 0 atom stereocenters. The summed E-state index contributed by atoms with van der Waals surface area (Å²) in [5.41, 5.74) is 2.77. The number of aryl methyl sites for hydroxylation is 2. The van der Waals surface area contributed by atoms with Crippen LogP contribution in [0, 0.1) is 6.92 Å². The lowest BCUT2D eigenvalue weighted by atomic mass is 10.3. The molecule has 3 rings (SSSR count). The van der Waals surface area contributed by atoms with Gasteiger partial charge in [0.2, 0.25) is 0 Å². The van der Waals surface area contributed by atoms with Crippen LogP contribution in [0.1, 0.15) is 5.69 Å². The first kappa shape index (κ1) is 12.3. The predicted molar refractivity (Wildman–Crippen MR) is 74.3 cm³/mol. The molecule has 3 aromatic heterocycles. The summed E-state index contributed by atoms with van der Waals surface area (Å²) in [4.78, 5) is 8.72. The fourth-order valence-electron chi connectivity index (χ4n) is 1.87. The molecular formula is C12H9Cl2N5. The van der Waals surface area contributed by atoms with E-state index < -0.39 is 0 Å². The Kier molecular flexibility index (Phi) is 2.88. The number of imidazole rings is 1. The maximum Gasteiger partial charge on any atom is 0.182 e. The highest BCUT2D eigenvalue weighted by Gasteiger charge is 2.16. The van der Waals surface area contributed by atoms with Crippen molar-refractivity contribution in [3.8, 4) is 11.5 Å². The highest BCUT2D eigenvalue weighted by molar-refractivity contribution is 6.34. The van der Waals surface area contributed by atoms with Crippen LogP contribution in [0.3, 0.4) is 0 Å². The van der Waals surface area contributed by atoms with E-state index in [0.29, 0.717) is 27.3 Å². The Balaban J connectivity index is 2.30. The van der Waals surface area contributed by atoms with E-state index in [1.165, 1.54) is 0 Å². The minimum absolute atomic E-state index is 0.369. The van der Waals surface area contributed by atoms with Crippen LogP contribution in [0.5, 0.6) is 0 Å². The van der Waals surface area contributed by atoms with Crippen molar-refractivity contribution in [1.82, 2.24) is 24.7 Å². The first-order valence-corrected chi connectivity index (χ1v) is 6.31. The summed E-state index contributed by atoms with van der Waals surface area (Å²) in [6, 6.07) is 5.20. The van der Waals surface area contributed by atoms with Crippen molar-refractivity contribution in [1.29, 1.82) is 0 Å². The van der Waals surface area contributed by atoms with Crippen molar-refractivity contribution >= 4 is 34.4 Å². The minimum Gasteiger partial charge on any atom is -0.309 e. The molecule has 0 aliphatic heterocycles. The molecule has 0 aromatic carbocycles. The number of halogens is 2. The highest BCUT2D eigenvalue weighted by Crippen LogP contribution is 2.28. The normalized spacial score (nSPS) is 11.2. The van der Waals surface area contributed by atoms with Crippen LogP contribution < -0.4 is 0 Å². The monoisotopic (exact) mass is 293 g/mol. The fraction of sp³-hybridized carbons (Fsp3) is 0.167. The summed E-state index contributed by atoms with van der Waals surface area (Å²) in [6.07, 6.45) is 0. The first-order valence-electron chi connectivity index (χ1n) is 5.55. The van der Waals surface area contributed by atoms with E-state index in [4.69, 9.17) is 23.2 Å². The maximum atomic E-state index is 6.15. The van der Waals surface area contributed by atoms with Crippen molar-refractivity contribution in [2.45, 2.75) is 6.92 Å². The standard InChI is InChI=1S/C12H9Cl2N5/c1-6-5-8-11(18-17-6)19(2)12(15-8)10-7(13)3-4-9(14)16-10/h3-5H,1-2H3. The van der Waals surface area contributed by atoms with Crippen molar-refractivity contribution in [3.63, 3.8) is 0 Å². The van der Waals surface area contributed by atoms with Gasteiger partial charge in [0.1, 0.15) is 16.4 Å². The van der Waals surface area contributed by atoms with Gasteiger partial charge in [0, 0.05) is 7.05 Å². The van der Waals surface area contributed by atoms with Gasteiger partial charge in [-0.05, 0) is 25.1 Å². The van der Waals surface area contributed by atoms with E-state index in [1.54, 1.807) is 16.7 Å². The minimum atomic E-state index is 0.369. The second-order valence-corrected chi connectivity index (χ2v) is 4.95. The molecule has 0 aliphatic carbocycles. The Labute approximate surface area is 119 Å². The van der Waals surface area contributed by atoms with E-state index >= 15 is 0 Å². The van der Waals surface area contributed by atoms with Gasteiger partial charge in [-0.2, -0.15) is 5.10 Å². The molecule has 96 valence electrons. The number of rotatable bonds is 1. The van der Waals surface area contributed by atoms with Gasteiger partial charge in [-0.3, -0.25) is 0 Å². The Morgan fingerprint density at radius 2 is 1.89 bits per heavy atom. The Morgan fingerprint density at radius 1 is 1.11 bits per heavy atom. The molecule has 0 unspecified atom stereocenters. The molecule has 19 heavy (non-hydrogen) atoms. The summed E-state index contributed by atoms with van der Waals surface area (Å²) in [5.74, 6) is 0.613. The van der Waals surface area contributed by atoms with Crippen LogP contribution in [0.25, 0.3) is 22.7 Å². The predicted octanol–water partition coefficient (Wildman–Crippen LogP) is 3.04. The molecule has 0 aliphatic rings. The summed E-state index contributed by atoms with van der Waals surface area (Å²) < 4.78 is 1.80. The van der Waals surface area contributed by atoms with Gasteiger partial charge in [-0.25, -0.2) is 9.97 Å². The third-order valence-electron chi connectivity index (χ3n) is 2.76. The molecule has 0 fully saturated rings. The van der Waals surface area contributed by atoms with Crippen LogP contribution in [0.4, 0.5) is 0 Å². The first-order chi connectivity index (χ1) is 9.06. The molecule has 0 N–H and O–H groups in total. The Hall–Kier alpha value is -1.72. The SMILES string of the molecule is Cc1cc2nc(-c3nc(Cl)ccc3Cl)n(C)c2nn1. The zero-order valence-electron chi connectivity index (χ0n) is 10.2. The molecule has 0 saturated carbocycles. The van der Waals surface area contributed by atoms with E-state index in [2.05, 4.69) is 20.2 Å². The molecular weight excluding hydrogens is 285 g/mol. The van der Waals surface area contributed by atoms with E-state index in [0.717, 1.165) is 11.2 Å². The van der Waals surface area contributed by atoms with Crippen molar-refractivity contribution in [3.05, 3.63) is 34.1 Å². The molecule has 0 spiro atoms. The van der Waals surface area contributed by atoms with Crippen molar-refractivity contribution < 1.29 is 0 Å². The van der Waals surface area contributed by atoms with Gasteiger partial charge in [-0.15, -0.1) is 5.10 Å². The zero-order valence-corrected chi connectivity index (χ0v) is 11.7. The number of hydrogen-bond donors (Lipinski definition) is 0. The van der Waals surface area contributed by atoms with Gasteiger partial charge in [0.25, 0.3) is 0 Å². The molecule has 0 radical (unpaired) electrons. The van der Waals surface area contributed by atoms with Crippen LogP contribution in [-0.4, -0.2) is 24.7 Å². The van der Waals surface area contributed by atoms with Crippen molar-refractivity contribution in [2.75, 3.05) is 0 Å². The van der Waals surface area contributed by atoms with Crippen LogP contribution in [0.2, 0.25) is 10.2 Å². The van der Waals surface area contributed by atoms with Crippen LogP contribution in [-0.2, 0) is 7.05 Å². The lowest BCUT2D eigenvalue weighted by Gasteiger charge is -2.03. The second-order valence-electron chi connectivity index (χ2n) is 4.15. The third-order valence-corrected chi connectivity index (χ3v) is 3.28. The summed E-state index contributed by atoms with van der Waals surface area (Å²) in [7, 11) is 1.84. The summed E-state index contributed by atoms with van der Waals surface area (Å²) >= 11 is 12.1. The fourth-order valence-corrected chi connectivity index (χ4v) is 2.20. The second kappa shape index (κ2) is 4.43. The summed E-state index contributed by atoms with van der Waals surface area (Å²) in [6.45, 7) is 1.87. The van der Waals surface area contributed by atoms with Crippen LogP contribution >= 0.6 is 23.2 Å². The van der Waals surface area contributed by atoms with Crippen LogP contribution in [0.15, 0.2) is 18.2 Å². The van der Waals surface area contributed by atoms with Gasteiger partial charge in [0.15, 0.2) is 11.5 Å². The quantitative estimate of drug-likeness (QED) is 0.647. The van der Waals surface area contributed by atoms with E-state index in [-0.39, 0.29) is 0 Å².